The molecule has 0 fully saturated rings. The molecule has 0 aliphatic heterocycles. The third-order valence-electron chi connectivity index (χ3n) is 7.15. The van der Waals surface area contributed by atoms with Crippen LogP contribution in [0.25, 0.3) is 6.08 Å². The molecule has 0 aromatic heterocycles. The summed E-state index contributed by atoms with van der Waals surface area (Å²) in [6.07, 6.45) is 3.18. The van der Waals surface area contributed by atoms with Gasteiger partial charge in [0.25, 0.3) is 0 Å². The zero-order valence-corrected chi connectivity index (χ0v) is 26.1. The van der Waals surface area contributed by atoms with E-state index in [0.29, 0.717) is 42.0 Å². The molecule has 0 aliphatic rings. The topological polar surface area (TPSA) is 72.5 Å². The first-order valence-electron chi connectivity index (χ1n) is 14.8. The SMILES string of the molecule is COc1cc(/C=C/C(=O)c2c(OC)cc(OCc3ccccc3)c(OC)c2OCc2ccccc2)ccc1OCc1ccccc1. The molecule has 0 heterocycles. The van der Waals surface area contributed by atoms with Gasteiger partial charge < -0.3 is 28.4 Å². The van der Waals surface area contributed by atoms with Gasteiger partial charge in [-0.2, -0.15) is 0 Å². The molecule has 0 amide bonds. The molecule has 0 N–H and O–H groups in total. The number of carbonyl (C=O) groups is 1. The van der Waals surface area contributed by atoms with Gasteiger partial charge in [-0.15, -0.1) is 0 Å². The maximum absolute atomic E-state index is 13.9. The summed E-state index contributed by atoms with van der Waals surface area (Å²) in [4.78, 5) is 13.9. The summed E-state index contributed by atoms with van der Waals surface area (Å²) in [6, 6.07) is 36.5. The fraction of sp³-hybridized carbons (Fsp3) is 0.154. The Bertz CT molecular complexity index is 1750. The van der Waals surface area contributed by atoms with Gasteiger partial charge in [-0.25, -0.2) is 0 Å². The number of methoxy groups -OCH3 is 3. The average molecular weight is 617 g/mol. The summed E-state index contributed by atoms with van der Waals surface area (Å²) in [5, 5.41) is 0. The number of rotatable bonds is 15. The Morgan fingerprint density at radius 3 is 1.57 bits per heavy atom. The third kappa shape index (κ3) is 8.07. The molecule has 46 heavy (non-hydrogen) atoms. The second-order valence-corrected chi connectivity index (χ2v) is 10.2. The van der Waals surface area contributed by atoms with Gasteiger partial charge in [-0.05, 0) is 40.5 Å². The molecule has 0 bridgehead atoms. The lowest BCUT2D eigenvalue weighted by Crippen LogP contribution is -2.09. The van der Waals surface area contributed by atoms with Crippen molar-refractivity contribution in [3.8, 4) is 34.5 Å². The molecule has 0 saturated heterocycles. The van der Waals surface area contributed by atoms with Gasteiger partial charge in [-0.1, -0.05) is 103 Å². The Hall–Kier alpha value is -5.69. The largest absolute Gasteiger partial charge is 0.496 e. The van der Waals surface area contributed by atoms with E-state index in [4.69, 9.17) is 28.4 Å². The van der Waals surface area contributed by atoms with Crippen LogP contribution in [0, 0.1) is 0 Å². The Balaban J connectivity index is 1.44. The second kappa shape index (κ2) is 15.9. The number of benzene rings is 5. The van der Waals surface area contributed by atoms with E-state index in [1.54, 1.807) is 19.3 Å². The minimum atomic E-state index is -0.337. The predicted octanol–water partition coefficient (Wildman–Crippen LogP) is 8.35. The molecule has 5 rings (SSSR count). The normalized spacial score (nSPS) is 10.8. The van der Waals surface area contributed by atoms with Crippen LogP contribution in [0.15, 0.2) is 121 Å². The highest BCUT2D eigenvalue weighted by Gasteiger charge is 2.26. The van der Waals surface area contributed by atoms with E-state index < -0.39 is 0 Å². The van der Waals surface area contributed by atoms with Gasteiger partial charge in [0, 0.05) is 6.07 Å². The molecule has 5 aromatic rings. The highest BCUT2D eigenvalue weighted by Crippen LogP contribution is 2.46. The Labute approximate surface area is 269 Å². The number of ketones is 1. The van der Waals surface area contributed by atoms with Crippen LogP contribution in [0.2, 0.25) is 0 Å². The Kier molecular flexibility index (Phi) is 10.9. The number of allylic oxidation sites excluding steroid dienone is 1. The quantitative estimate of drug-likeness (QED) is 0.0865. The monoisotopic (exact) mass is 616 g/mol. The first-order chi connectivity index (χ1) is 22.6. The van der Waals surface area contributed by atoms with Crippen LogP contribution in [-0.2, 0) is 19.8 Å². The molecule has 5 aromatic carbocycles. The van der Waals surface area contributed by atoms with E-state index in [1.165, 1.54) is 20.3 Å². The van der Waals surface area contributed by atoms with Gasteiger partial charge >= 0.3 is 0 Å². The highest BCUT2D eigenvalue weighted by molar-refractivity contribution is 6.11. The Morgan fingerprint density at radius 2 is 1.04 bits per heavy atom. The summed E-state index contributed by atoms with van der Waals surface area (Å²) in [5.74, 6) is 2.03. The van der Waals surface area contributed by atoms with Gasteiger partial charge in [0.1, 0.15) is 31.1 Å². The Morgan fingerprint density at radius 1 is 0.522 bits per heavy atom. The number of hydrogen-bond donors (Lipinski definition) is 0. The van der Waals surface area contributed by atoms with Crippen molar-refractivity contribution < 1.29 is 33.2 Å². The van der Waals surface area contributed by atoms with Crippen LogP contribution in [0.4, 0.5) is 0 Å². The number of ether oxygens (including phenoxy) is 6. The second-order valence-electron chi connectivity index (χ2n) is 10.2. The molecule has 0 saturated carbocycles. The third-order valence-corrected chi connectivity index (χ3v) is 7.15. The summed E-state index contributed by atoms with van der Waals surface area (Å²) in [6.45, 7) is 0.899. The van der Waals surface area contributed by atoms with Crippen LogP contribution in [0.3, 0.4) is 0 Å². The molecule has 0 radical (unpaired) electrons. The first-order valence-corrected chi connectivity index (χ1v) is 14.8. The van der Waals surface area contributed by atoms with E-state index in [2.05, 4.69) is 0 Å². The lowest BCUT2D eigenvalue weighted by Gasteiger charge is -2.20. The lowest BCUT2D eigenvalue weighted by molar-refractivity contribution is 0.103. The molecule has 0 aliphatic carbocycles. The van der Waals surface area contributed by atoms with E-state index in [-0.39, 0.29) is 23.7 Å². The van der Waals surface area contributed by atoms with Crippen molar-refractivity contribution in [2.45, 2.75) is 19.8 Å². The van der Waals surface area contributed by atoms with Crippen molar-refractivity contribution in [1.82, 2.24) is 0 Å². The van der Waals surface area contributed by atoms with E-state index in [9.17, 15) is 4.79 Å². The maximum Gasteiger partial charge on any atom is 0.204 e. The maximum atomic E-state index is 13.9. The average Bonchev–Trinajstić information content (AvgIpc) is 3.12. The van der Waals surface area contributed by atoms with Gasteiger partial charge in [0.15, 0.2) is 28.8 Å². The predicted molar refractivity (Wildman–Crippen MR) is 178 cm³/mol. The first kappa shape index (κ1) is 31.7. The lowest BCUT2D eigenvalue weighted by atomic mass is 10.0. The van der Waals surface area contributed by atoms with Gasteiger partial charge in [0.2, 0.25) is 5.75 Å². The fourth-order valence-electron chi connectivity index (χ4n) is 4.79. The van der Waals surface area contributed by atoms with E-state index >= 15 is 0 Å². The van der Waals surface area contributed by atoms with Crippen LogP contribution in [0.5, 0.6) is 34.5 Å². The summed E-state index contributed by atoms with van der Waals surface area (Å²) in [5.41, 5.74) is 3.91. The molecule has 234 valence electrons. The minimum absolute atomic E-state index is 0.203. The van der Waals surface area contributed by atoms with Crippen LogP contribution >= 0.6 is 0 Å². The van der Waals surface area contributed by atoms with Gasteiger partial charge in [0.05, 0.1) is 21.3 Å². The van der Waals surface area contributed by atoms with Crippen molar-refractivity contribution in [3.05, 3.63) is 149 Å². The van der Waals surface area contributed by atoms with Crippen LogP contribution < -0.4 is 28.4 Å². The van der Waals surface area contributed by atoms with Gasteiger partial charge in [-0.3, -0.25) is 4.79 Å². The van der Waals surface area contributed by atoms with E-state index in [0.717, 1.165) is 22.3 Å². The number of hydrogen-bond acceptors (Lipinski definition) is 7. The van der Waals surface area contributed by atoms with Crippen molar-refractivity contribution in [2.24, 2.45) is 0 Å². The molecule has 0 spiro atoms. The van der Waals surface area contributed by atoms with Crippen molar-refractivity contribution >= 4 is 11.9 Å². The van der Waals surface area contributed by atoms with Crippen molar-refractivity contribution in [3.63, 3.8) is 0 Å². The summed E-state index contributed by atoms with van der Waals surface area (Å²) >= 11 is 0. The molecular formula is C39H36O7. The smallest absolute Gasteiger partial charge is 0.204 e. The zero-order chi connectivity index (χ0) is 32.1. The minimum Gasteiger partial charge on any atom is -0.496 e. The highest BCUT2D eigenvalue weighted by atomic mass is 16.5. The van der Waals surface area contributed by atoms with Crippen molar-refractivity contribution in [2.75, 3.05) is 21.3 Å². The van der Waals surface area contributed by atoms with E-state index in [1.807, 2.05) is 109 Å². The fourth-order valence-corrected chi connectivity index (χ4v) is 4.79. The molecule has 7 nitrogen and oxygen atoms in total. The summed E-state index contributed by atoms with van der Waals surface area (Å²) < 4.78 is 35.5. The summed E-state index contributed by atoms with van der Waals surface area (Å²) in [7, 11) is 4.60. The van der Waals surface area contributed by atoms with Crippen LogP contribution in [-0.4, -0.2) is 27.1 Å². The number of carbonyl (C=O) groups excluding carboxylic acids is 1. The molecule has 7 heteroatoms. The standard InChI is InChI=1S/C39H36O7/c1-41-34-23-28(20-22-33(34)44-25-29-13-7-4-8-14-29)19-21-32(40)37-35(42-2)24-36(45-26-30-15-9-5-10-16-30)38(43-3)39(37)46-27-31-17-11-6-12-18-31/h4-24H,25-27H2,1-3H3/b21-19+. The zero-order valence-electron chi connectivity index (χ0n) is 26.1. The molecule has 0 unspecified atom stereocenters. The molecule has 0 atom stereocenters. The van der Waals surface area contributed by atoms with Crippen LogP contribution in [0.1, 0.15) is 32.6 Å². The van der Waals surface area contributed by atoms with Crippen molar-refractivity contribution in [1.29, 1.82) is 0 Å². The molecular weight excluding hydrogens is 580 g/mol.